The molecular formula is C27H52. The second-order valence-electron chi connectivity index (χ2n) is 9.67. The molecule has 0 heteroatoms. The minimum absolute atomic E-state index is 0.828. The number of hydrogen-bond acceptors (Lipinski definition) is 0. The minimum atomic E-state index is 0.828. The van der Waals surface area contributed by atoms with Gasteiger partial charge < -0.3 is 0 Å². The van der Waals surface area contributed by atoms with E-state index < -0.39 is 0 Å². The van der Waals surface area contributed by atoms with Gasteiger partial charge in [-0.2, -0.15) is 0 Å². The third-order valence-electron chi connectivity index (χ3n) is 7.48. The molecule has 0 aliphatic heterocycles. The lowest BCUT2D eigenvalue weighted by Gasteiger charge is -2.33. The number of allylic oxidation sites excluding steroid dienone is 2. The molecule has 0 aromatic heterocycles. The van der Waals surface area contributed by atoms with E-state index in [0.29, 0.717) is 0 Å². The number of unbranched alkanes of at least 4 members (excludes halogenated alkanes) is 3. The molecule has 1 aliphatic rings. The smallest absolute Gasteiger partial charge is 0.0208 e. The van der Waals surface area contributed by atoms with E-state index in [9.17, 15) is 0 Å². The maximum Gasteiger partial charge on any atom is -0.0208 e. The molecule has 1 rings (SSSR count). The molecule has 0 heterocycles. The first-order chi connectivity index (χ1) is 13.2. The van der Waals surface area contributed by atoms with E-state index in [-0.39, 0.29) is 0 Å². The van der Waals surface area contributed by atoms with Gasteiger partial charge in [-0.25, -0.2) is 0 Å². The standard InChI is InChI=1S/C27H52/c1-6-10-12-15-25(9-4)27(16-13-11-7-2)22-19-24-17-20-26(21-18-24)23(5)14-8-3/h12,15,23-27H,6-11,13-14,16-22H2,1-5H3/b15-12-. The van der Waals surface area contributed by atoms with Gasteiger partial charge in [0.2, 0.25) is 0 Å². The fourth-order valence-electron chi connectivity index (χ4n) is 5.48. The topological polar surface area (TPSA) is 0 Å². The second kappa shape index (κ2) is 15.6. The Labute approximate surface area is 173 Å². The van der Waals surface area contributed by atoms with Crippen molar-refractivity contribution in [3.05, 3.63) is 12.2 Å². The van der Waals surface area contributed by atoms with Crippen LogP contribution in [0.25, 0.3) is 0 Å². The molecule has 3 atom stereocenters. The molecule has 0 spiro atoms. The summed E-state index contributed by atoms with van der Waals surface area (Å²) in [4.78, 5) is 0. The van der Waals surface area contributed by atoms with Crippen molar-refractivity contribution in [2.45, 2.75) is 131 Å². The van der Waals surface area contributed by atoms with Gasteiger partial charge in [0, 0.05) is 0 Å². The van der Waals surface area contributed by atoms with E-state index in [4.69, 9.17) is 0 Å². The van der Waals surface area contributed by atoms with Crippen LogP contribution >= 0.6 is 0 Å². The highest BCUT2D eigenvalue weighted by atomic mass is 14.3. The van der Waals surface area contributed by atoms with Crippen molar-refractivity contribution in [3.8, 4) is 0 Å². The van der Waals surface area contributed by atoms with Crippen LogP contribution in [0.2, 0.25) is 0 Å². The normalized spacial score (nSPS) is 24.2. The Kier molecular flexibility index (Phi) is 14.4. The van der Waals surface area contributed by atoms with Crippen molar-refractivity contribution in [3.63, 3.8) is 0 Å². The summed E-state index contributed by atoms with van der Waals surface area (Å²) < 4.78 is 0. The highest BCUT2D eigenvalue weighted by molar-refractivity contribution is 4.91. The Morgan fingerprint density at radius 3 is 2.15 bits per heavy atom. The predicted octanol–water partition coefficient (Wildman–Crippen LogP) is 9.59. The van der Waals surface area contributed by atoms with Crippen LogP contribution in [0, 0.1) is 29.6 Å². The lowest BCUT2D eigenvalue weighted by molar-refractivity contribution is 0.187. The molecule has 0 amide bonds. The zero-order valence-electron chi connectivity index (χ0n) is 19.6. The summed E-state index contributed by atoms with van der Waals surface area (Å²) in [5.41, 5.74) is 0. The zero-order valence-corrected chi connectivity index (χ0v) is 19.6. The molecule has 3 unspecified atom stereocenters. The van der Waals surface area contributed by atoms with Gasteiger partial charge in [0.05, 0.1) is 0 Å². The third-order valence-corrected chi connectivity index (χ3v) is 7.48. The minimum Gasteiger partial charge on any atom is -0.0883 e. The van der Waals surface area contributed by atoms with Crippen LogP contribution in [0.5, 0.6) is 0 Å². The Balaban J connectivity index is 2.48. The quantitative estimate of drug-likeness (QED) is 0.197. The zero-order chi connectivity index (χ0) is 19.9. The first-order valence-corrected chi connectivity index (χ1v) is 12.8. The molecule has 160 valence electrons. The van der Waals surface area contributed by atoms with Crippen molar-refractivity contribution < 1.29 is 0 Å². The van der Waals surface area contributed by atoms with E-state index >= 15 is 0 Å². The van der Waals surface area contributed by atoms with Crippen LogP contribution in [0.1, 0.15) is 131 Å². The molecule has 0 aromatic rings. The van der Waals surface area contributed by atoms with Crippen LogP contribution in [-0.2, 0) is 0 Å². The predicted molar refractivity (Wildman–Crippen MR) is 124 cm³/mol. The summed E-state index contributed by atoms with van der Waals surface area (Å²) in [6, 6.07) is 0. The highest BCUT2D eigenvalue weighted by Crippen LogP contribution is 2.38. The molecule has 1 fully saturated rings. The molecule has 0 N–H and O–H groups in total. The van der Waals surface area contributed by atoms with Gasteiger partial charge >= 0.3 is 0 Å². The fourth-order valence-corrected chi connectivity index (χ4v) is 5.48. The van der Waals surface area contributed by atoms with Crippen molar-refractivity contribution >= 4 is 0 Å². The third kappa shape index (κ3) is 10.2. The molecule has 1 aliphatic carbocycles. The molecule has 0 saturated heterocycles. The lowest BCUT2D eigenvalue weighted by Crippen LogP contribution is -2.21. The van der Waals surface area contributed by atoms with Crippen LogP contribution in [0.15, 0.2) is 12.2 Å². The van der Waals surface area contributed by atoms with Gasteiger partial charge in [-0.3, -0.25) is 0 Å². The van der Waals surface area contributed by atoms with Crippen LogP contribution in [-0.4, -0.2) is 0 Å². The SMILES string of the molecule is CCC/C=C\C(CC)C(CCCCC)CCC1CCC(C(C)CCC)CC1. The van der Waals surface area contributed by atoms with E-state index in [1.807, 2.05) is 0 Å². The average molecular weight is 377 g/mol. The number of hydrogen-bond donors (Lipinski definition) is 0. The maximum absolute atomic E-state index is 2.59. The summed E-state index contributed by atoms with van der Waals surface area (Å²) in [6.07, 6.45) is 26.5. The molecule has 1 saturated carbocycles. The van der Waals surface area contributed by atoms with Crippen molar-refractivity contribution in [2.24, 2.45) is 29.6 Å². The Bertz CT molecular complexity index is 347. The summed E-state index contributed by atoms with van der Waals surface area (Å²) in [6.45, 7) is 11.9. The molecular weight excluding hydrogens is 324 g/mol. The first-order valence-electron chi connectivity index (χ1n) is 12.8. The monoisotopic (exact) mass is 376 g/mol. The van der Waals surface area contributed by atoms with Crippen molar-refractivity contribution in [2.75, 3.05) is 0 Å². The molecule has 27 heavy (non-hydrogen) atoms. The van der Waals surface area contributed by atoms with E-state index in [1.54, 1.807) is 0 Å². The average Bonchev–Trinajstić information content (AvgIpc) is 2.69. The van der Waals surface area contributed by atoms with Gasteiger partial charge in [-0.05, 0) is 68.1 Å². The second-order valence-corrected chi connectivity index (χ2v) is 9.67. The fraction of sp³-hybridized carbons (Fsp3) is 0.926. The van der Waals surface area contributed by atoms with Crippen LogP contribution < -0.4 is 0 Å². The molecule has 0 bridgehead atoms. The lowest BCUT2D eigenvalue weighted by atomic mass is 9.72. The Morgan fingerprint density at radius 2 is 1.56 bits per heavy atom. The summed E-state index contributed by atoms with van der Waals surface area (Å²) in [7, 11) is 0. The Morgan fingerprint density at radius 1 is 0.815 bits per heavy atom. The van der Waals surface area contributed by atoms with Crippen LogP contribution in [0.3, 0.4) is 0 Å². The van der Waals surface area contributed by atoms with Gasteiger partial charge in [0.1, 0.15) is 0 Å². The molecule has 0 radical (unpaired) electrons. The Hall–Kier alpha value is -0.260. The first kappa shape index (κ1) is 24.8. The summed E-state index contributed by atoms with van der Waals surface area (Å²) in [5.74, 6) is 4.79. The van der Waals surface area contributed by atoms with Gasteiger partial charge in [0.25, 0.3) is 0 Å². The van der Waals surface area contributed by atoms with E-state index in [0.717, 1.165) is 29.6 Å². The van der Waals surface area contributed by atoms with Crippen molar-refractivity contribution in [1.82, 2.24) is 0 Å². The summed E-state index contributed by atoms with van der Waals surface area (Å²) >= 11 is 0. The molecule has 0 nitrogen and oxygen atoms in total. The maximum atomic E-state index is 2.59. The van der Waals surface area contributed by atoms with Crippen LogP contribution in [0.4, 0.5) is 0 Å². The highest BCUT2D eigenvalue weighted by Gasteiger charge is 2.26. The van der Waals surface area contributed by atoms with E-state index in [1.165, 1.54) is 96.3 Å². The van der Waals surface area contributed by atoms with E-state index in [2.05, 4.69) is 46.8 Å². The number of rotatable bonds is 15. The van der Waals surface area contributed by atoms with Gasteiger partial charge in [0.15, 0.2) is 0 Å². The van der Waals surface area contributed by atoms with Gasteiger partial charge in [-0.15, -0.1) is 0 Å². The largest absolute Gasteiger partial charge is 0.0883 e. The molecule has 0 aromatic carbocycles. The van der Waals surface area contributed by atoms with Crippen molar-refractivity contribution in [1.29, 1.82) is 0 Å². The summed E-state index contributed by atoms with van der Waals surface area (Å²) in [5, 5.41) is 0. The van der Waals surface area contributed by atoms with Gasteiger partial charge in [-0.1, -0.05) is 105 Å².